The Hall–Kier alpha value is -3.22. The molecule has 0 bridgehead atoms. The summed E-state index contributed by atoms with van der Waals surface area (Å²) in [4.78, 5) is 39.3. The van der Waals surface area contributed by atoms with Crippen LogP contribution >= 0.6 is 0 Å². The van der Waals surface area contributed by atoms with Crippen molar-refractivity contribution in [2.45, 2.75) is 38.0 Å². The Morgan fingerprint density at radius 3 is 3.00 bits per heavy atom. The largest absolute Gasteiger partial charge is 0.361 e. The third kappa shape index (κ3) is 3.79. The van der Waals surface area contributed by atoms with Crippen LogP contribution in [0.5, 0.6) is 0 Å². The lowest BCUT2D eigenvalue weighted by molar-refractivity contribution is -0.121. The molecule has 30 heavy (non-hydrogen) atoms. The van der Waals surface area contributed by atoms with Gasteiger partial charge in [0.25, 0.3) is 5.91 Å². The maximum absolute atomic E-state index is 12.9. The van der Waals surface area contributed by atoms with Gasteiger partial charge in [-0.05, 0) is 43.7 Å². The number of rotatable bonds is 6. The number of aryl methyl sites for hydroxylation is 1. The number of aromatic amines is 1. The number of amides is 2. The van der Waals surface area contributed by atoms with E-state index in [0.717, 1.165) is 49.1 Å². The second-order valence-electron chi connectivity index (χ2n) is 8.15. The van der Waals surface area contributed by atoms with Gasteiger partial charge in [0, 0.05) is 42.3 Å². The van der Waals surface area contributed by atoms with Crippen molar-refractivity contribution in [1.82, 2.24) is 25.2 Å². The number of para-hydroxylation sites is 1. The van der Waals surface area contributed by atoms with Crippen molar-refractivity contribution in [3.05, 3.63) is 59.3 Å². The van der Waals surface area contributed by atoms with E-state index in [9.17, 15) is 9.59 Å². The molecule has 1 aliphatic heterocycles. The van der Waals surface area contributed by atoms with Gasteiger partial charge in [-0.15, -0.1) is 0 Å². The molecule has 2 aliphatic rings. The van der Waals surface area contributed by atoms with Crippen molar-refractivity contribution < 1.29 is 9.59 Å². The minimum absolute atomic E-state index is 0.0660. The quantitative estimate of drug-likeness (QED) is 0.662. The molecule has 0 atom stereocenters. The summed E-state index contributed by atoms with van der Waals surface area (Å²) in [5.41, 5.74) is 3.65. The fraction of sp³-hybridized carbons (Fsp3) is 0.391. The van der Waals surface area contributed by atoms with Gasteiger partial charge in [-0.25, -0.2) is 9.97 Å². The molecule has 7 nitrogen and oxygen atoms in total. The van der Waals surface area contributed by atoms with Crippen molar-refractivity contribution in [1.29, 1.82) is 0 Å². The first-order chi connectivity index (χ1) is 14.7. The van der Waals surface area contributed by atoms with Crippen LogP contribution in [0.15, 0.2) is 36.7 Å². The van der Waals surface area contributed by atoms with E-state index in [1.807, 2.05) is 24.4 Å². The number of carbonyl (C=O) groups is 2. The first kappa shape index (κ1) is 18.8. The van der Waals surface area contributed by atoms with E-state index in [0.29, 0.717) is 24.6 Å². The SMILES string of the molecule is O=C(CN1CCCc2nc(C3CC3)ncc2C1=O)NCCc1c[nH]c2ccccc12. The van der Waals surface area contributed by atoms with Crippen LogP contribution in [0.1, 0.15) is 52.6 Å². The summed E-state index contributed by atoms with van der Waals surface area (Å²) in [5, 5.41) is 4.13. The number of hydrogen-bond donors (Lipinski definition) is 2. The van der Waals surface area contributed by atoms with Crippen molar-refractivity contribution in [2.75, 3.05) is 19.6 Å². The molecule has 5 rings (SSSR count). The summed E-state index contributed by atoms with van der Waals surface area (Å²) >= 11 is 0. The van der Waals surface area contributed by atoms with Gasteiger partial charge in [0.05, 0.1) is 17.8 Å². The molecule has 7 heteroatoms. The Bertz CT molecular complexity index is 1100. The maximum atomic E-state index is 12.9. The fourth-order valence-corrected chi connectivity index (χ4v) is 4.10. The van der Waals surface area contributed by atoms with Gasteiger partial charge in [-0.1, -0.05) is 18.2 Å². The van der Waals surface area contributed by atoms with Gasteiger partial charge in [0.1, 0.15) is 5.82 Å². The van der Waals surface area contributed by atoms with Gasteiger partial charge in [0.2, 0.25) is 5.91 Å². The first-order valence-electron chi connectivity index (χ1n) is 10.7. The summed E-state index contributed by atoms with van der Waals surface area (Å²) in [5.74, 6) is 1.05. The molecule has 1 aliphatic carbocycles. The van der Waals surface area contributed by atoms with Crippen LogP contribution in [0.4, 0.5) is 0 Å². The molecule has 2 N–H and O–H groups in total. The Morgan fingerprint density at radius 1 is 1.27 bits per heavy atom. The van der Waals surface area contributed by atoms with Crippen LogP contribution in [0.2, 0.25) is 0 Å². The molecule has 3 heterocycles. The van der Waals surface area contributed by atoms with Crippen LogP contribution in [0, 0.1) is 0 Å². The lowest BCUT2D eigenvalue weighted by Gasteiger charge is -2.20. The van der Waals surface area contributed by atoms with Crippen LogP contribution < -0.4 is 5.32 Å². The molecule has 2 aromatic heterocycles. The van der Waals surface area contributed by atoms with Gasteiger partial charge in [0.15, 0.2) is 0 Å². The highest BCUT2D eigenvalue weighted by molar-refractivity contribution is 5.97. The molecule has 0 radical (unpaired) electrons. The first-order valence-corrected chi connectivity index (χ1v) is 10.7. The minimum atomic E-state index is -0.142. The molecule has 0 unspecified atom stereocenters. The number of hydrogen-bond acceptors (Lipinski definition) is 4. The summed E-state index contributed by atoms with van der Waals surface area (Å²) in [6.45, 7) is 1.16. The Kier molecular flexibility index (Phi) is 4.94. The van der Waals surface area contributed by atoms with Gasteiger partial charge >= 0.3 is 0 Å². The third-order valence-electron chi connectivity index (χ3n) is 5.91. The highest BCUT2D eigenvalue weighted by Gasteiger charge is 2.30. The van der Waals surface area contributed by atoms with Crippen molar-refractivity contribution in [3.63, 3.8) is 0 Å². The second kappa shape index (κ2) is 7.89. The molecule has 2 amide bonds. The lowest BCUT2D eigenvalue weighted by Crippen LogP contribution is -2.41. The molecule has 154 valence electrons. The Balaban J connectivity index is 1.18. The number of nitrogens with one attached hydrogen (secondary N) is 2. The smallest absolute Gasteiger partial charge is 0.257 e. The van der Waals surface area contributed by atoms with Crippen LogP contribution in [0.25, 0.3) is 10.9 Å². The van der Waals surface area contributed by atoms with E-state index in [-0.39, 0.29) is 18.4 Å². The highest BCUT2D eigenvalue weighted by Crippen LogP contribution is 2.38. The normalized spacial score (nSPS) is 16.4. The van der Waals surface area contributed by atoms with Crippen molar-refractivity contribution >= 4 is 22.7 Å². The maximum Gasteiger partial charge on any atom is 0.257 e. The highest BCUT2D eigenvalue weighted by atomic mass is 16.2. The Morgan fingerprint density at radius 2 is 2.13 bits per heavy atom. The van der Waals surface area contributed by atoms with Gasteiger partial charge in [-0.3, -0.25) is 9.59 Å². The fourth-order valence-electron chi connectivity index (χ4n) is 4.10. The van der Waals surface area contributed by atoms with E-state index in [1.165, 1.54) is 10.9 Å². The summed E-state index contributed by atoms with van der Waals surface area (Å²) in [6.07, 6.45) is 8.22. The molecule has 1 aromatic carbocycles. The van der Waals surface area contributed by atoms with Gasteiger partial charge in [-0.2, -0.15) is 0 Å². The molecule has 0 spiro atoms. The monoisotopic (exact) mass is 403 g/mol. The van der Waals surface area contributed by atoms with Crippen LogP contribution in [-0.4, -0.2) is 51.3 Å². The number of nitrogens with zero attached hydrogens (tertiary/aromatic N) is 3. The number of fused-ring (bicyclic) bond motifs is 2. The Labute approximate surface area is 174 Å². The molecular formula is C23H25N5O2. The number of aromatic nitrogens is 3. The average molecular weight is 403 g/mol. The number of H-pyrrole nitrogens is 1. The zero-order chi connectivity index (χ0) is 20.5. The third-order valence-corrected chi connectivity index (χ3v) is 5.91. The lowest BCUT2D eigenvalue weighted by atomic mass is 10.1. The summed E-state index contributed by atoms with van der Waals surface area (Å²) in [6, 6.07) is 8.13. The van der Waals surface area contributed by atoms with Crippen LogP contribution in [0.3, 0.4) is 0 Å². The second-order valence-corrected chi connectivity index (χ2v) is 8.15. The van der Waals surface area contributed by atoms with Crippen LogP contribution in [-0.2, 0) is 17.6 Å². The van der Waals surface area contributed by atoms with E-state index in [2.05, 4.69) is 26.3 Å². The molecule has 3 aromatic rings. The van der Waals surface area contributed by atoms with E-state index in [1.54, 1.807) is 11.1 Å². The van der Waals surface area contributed by atoms with E-state index in [4.69, 9.17) is 0 Å². The van der Waals surface area contributed by atoms with Crippen molar-refractivity contribution in [3.8, 4) is 0 Å². The summed E-state index contributed by atoms with van der Waals surface area (Å²) < 4.78 is 0. The predicted octanol–water partition coefficient (Wildman–Crippen LogP) is 2.58. The van der Waals surface area contributed by atoms with Crippen molar-refractivity contribution in [2.24, 2.45) is 0 Å². The predicted molar refractivity (Wildman–Crippen MR) is 113 cm³/mol. The standard InChI is InChI=1S/C23H25N5O2/c29-21(24-10-9-16-12-25-19-5-2-1-4-17(16)19)14-28-11-3-6-20-18(23(28)30)13-26-22(27-20)15-7-8-15/h1-2,4-5,12-13,15,25H,3,6-11,14H2,(H,24,29). The van der Waals surface area contributed by atoms with E-state index >= 15 is 0 Å². The average Bonchev–Trinajstić information content (AvgIpc) is 3.55. The summed E-state index contributed by atoms with van der Waals surface area (Å²) in [7, 11) is 0. The molecule has 1 fully saturated rings. The zero-order valence-corrected chi connectivity index (χ0v) is 16.9. The molecule has 1 saturated carbocycles. The molecular weight excluding hydrogens is 378 g/mol. The number of benzene rings is 1. The van der Waals surface area contributed by atoms with E-state index < -0.39 is 0 Å². The minimum Gasteiger partial charge on any atom is -0.361 e. The number of carbonyl (C=O) groups excluding carboxylic acids is 2. The topological polar surface area (TPSA) is 91.0 Å². The zero-order valence-electron chi connectivity index (χ0n) is 16.9. The molecule has 0 saturated heterocycles. The van der Waals surface area contributed by atoms with Gasteiger partial charge < -0.3 is 15.2 Å².